The molecule has 2 aromatic carbocycles. The summed E-state index contributed by atoms with van der Waals surface area (Å²) in [4.78, 5) is 37.1. The summed E-state index contributed by atoms with van der Waals surface area (Å²) in [7, 11) is 0. The Bertz CT molecular complexity index is 1040. The first-order valence-electron chi connectivity index (χ1n) is 9.58. The predicted molar refractivity (Wildman–Crippen MR) is 112 cm³/mol. The number of fused-ring (bicyclic) bond motifs is 1. The number of piperidine rings is 1. The first-order chi connectivity index (χ1) is 14.3. The van der Waals surface area contributed by atoms with Crippen LogP contribution >= 0.6 is 11.6 Å². The Kier molecular flexibility index (Phi) is 5.30. The fraction of sp³-hybridized carbons (Fsp3) is 0.273. The molecule has 2 aromatic rings. The van der Waals surface area contributed by atoms with Crippen LogP contribution in [-0.4, -0.2) is 40.2 Å². The van der Waals surface area contributed by atoms with E-state index in [1.54, 1.807) is 41.3 Å². The van der Waals surface area contributed by atoms with Crippen LogP contribution < -0.4 is 4.74 Å². The standard InChI is InChI=1S/C22H19ClN2O5/c23-16-4-7-20-18(13-16)19(26)14-22(30-20)9-11-24(12-10-22)21(27)8-3-15-1-5-17(6-2-15)25(28)29/h1-8,13H,9-12,14H2/b8-3+. The molecule has 0 saturated carbocycles. The number of ether oxygens (including phenoxy) is 1. The fourth-order valence-corrected chi connectivity index (χ4v) is 4.03. The molecule has 0 aliphatic carbocycles. The Balaban J connectivity index is 1.38. The van der Waals surface area contributed by atoms with Gasteiger partial charge in [0.1, 0.15) is 11.4 Å². The van der Waals surface area contributed by atoms with Crippen LogP contribution in [0.25, 0.3) is 6.08 Å². The number of Topliss-reactive ketones (excluding diaryl/α,β-unsaturated/α-hetero) is 1. The third-order valence-corrected chi connectivity index (χ3v) is 5.79. The Morgan fingerprint density at radius 3 is 2.53 bits per heavy atom. The average Bonchev–Trinajstić information content (AvgIpc) is 2.73. The summed E-state index contributed by atoms with van der Waals surface area (Å²) in [5.74, 6) is 0.419. The van der Waals surface area contributed by atoms with E-state index in [0.717, 1.165) is 0 Å². The molecule has 2 heterocycles. The molecule has 8 heteroatoms. The number of hydrogen-bond acceptors (Lipinski definition) is 5. The van der Waals surface area contributed by atoms with Gasteiger partial charge in [-0.2, -0.15) is 0 Å². The second-order valence-electron chi connectivity index (χ2n) is 7.53. The highest BCUT2D eigenvalue weighted by molar-refractivity contribution is 6.31. The number of benzene rings is 2. The van der Waals surface area contributed by atoms with Crippen LogP contribution in [0.15, 0.2) is 48.5 Å². The zero-order chi connectivity index (χ0) is 21.3. The van der Waals surface area contributed by atoms with Crippen molar-refractivity contribution in [3.63, 3.8) is 0 Å². The molecule has 0 aromatic heterocycles. The van der Waals surface area contributed by atoms with Crippen molar-refractivity contribution in [3.05, 3.63) is 74.8 Å². The number of ketones is 1. The van der Waals surface area contributed by atoms with Crippen molar-refractivity contribution in [2.24, 2.45) is 0 Å². The first-order valence-corrected chi connectivity index (χ1v) is 9.96. The molecule has 0 atom stereocenters. The van der Waals surface area contributed by atoms with Gasteiger partial charge < -0.3 is 9.64 Å². The van der Waals surface area contributed by atoms with Crippen LogP contribution in [0.5, 0.6) is 5.75 Å². The van der Waals surface area contributed by atoms with E-state index in [2.05, 4.69) is 0 Å². The predicted octanol–water partition coefficient (Wildman–Crippen LogP) is 4.29. The van der Waals surface area contributed by atoms with Crippen LogP contribution in [0.4, 0.5) is 5.69 Å². The summed E-state index contributed by atoms with van der Waals surface area (Å²) in [5, 5.41) is 11.2. The van der Waals surface area contributed by atoms with Crippen LogP contribution in [0.2, 0.25) is 5.02 Å². The summed E-state index contributed by atoms with van der Waals surface area (Å²) >= 11 is 5.98. The molecule has 0 unspecified atom stereocenters. The number of nitro benzene ring substituents is 1. The van der Waals surface area contributed by atoms with Gasteiger partial charge in [-0.05, 0) is 42.0 Å². The molecule has 7 nitrogen and oxygen atoms in total. The van der Waals surface area contributed by atoms with E-state index in [-0.39, 0.29) is 23.8 Å². The summed E-state index contributed by atoms with van der Waals surface area (Å²) in [6.45, 7) is 0.972. The highest BCUT2D eigenvalue weighted by Crippen LogP contribution is 2.40. The van der Waals surface area contributed by atoms with E-state index in [1.165, 1.54) is 18.2 Å². The van der Waals surface area contributed by atoms with Crippen molar-refractivity contribution in [2.75, 3.05) is 13.1 Å². The summed E-state index contributed by atoms with van der Waals surface area (Å²) in [6.07, 6.45) is 4.51. The molecule has 1 spiro atoms. The Morgan fingerprint density at radius 1 is 1.17 bits per heavy atom. The molecule has 4 rings (SSSR count). The minimum absolute atomic E-state index is 0.00526. The molecule has 1 saturated heterocycles. The van der Waals surface area contributed by atoms with Crippen LogP contribution in [0.3, 0.4) is 0 Å². The lowest BCUT2D eigenvalue weighted by Gasteiger charge is -2.43. The first kappa shape index (κ1) is 20.1. The largest absolute Gasteiger partial charge is 0.486 e. The van der Waals surface area contributed by atoms with Gasteiger partial charge in [-0.25, -0.2) is 0 Å². The highest BCUT2D eigenvalue weighted by atomic mass is 35.5. The van der Waals surface area contributed by atoms with Crippen molar-refractivity contribution in [2.45, 2.75) is 24.9 Å². The smallest absolute Gasteiger partial charge is 0.269 e. The van der Waals surface area contributed by atoms with Gasteiger partial charge in [0.25, 0.3) is 5.69 Å². The second kappa shape index (κ2) is 7.91. The van der Waals surface area contributed by atoms with Crippen molar-refractivity contribution < 1.29 is 19.2 Å². The lowest BCUT2D eigenvalue weighted by molar-refractivity contribution is -0.384. The number of halogens is 1. The molecule has 30 heavy (non-hydrogen) atoms. The number of nitrogens with zero attached hydrogens (tertiary/aromatic N) is 2. The number of nitro groups is 1. The summed E-state index contributed by atoms with van der Waals surface area (Å²) < 4.78 is 6.18. The Hall–Kier alpha value is -3.19. The van der Waals surface area contributed by atoms with Crippen molar-refractivity contribution in [1.82, 2.24) is 4.90 Å². The fourth-order valence-electron chi connectivity index (χ4n) is 3.86. The monoisotopic (exact) mass is 426 g/mol. The highest BCUT2D eigenvalue weighted by Gasteiger charge is 2.43. The van der Waals surface area contributed by atoms with Gasteiger partial charge in [0.2, 0.25) is 5.91 Å². The molecule has 2 aliphatic heterocycles. The maximum Gasteiger partial charge on any atom is 0.269 e. The minimum atomic E-state index is -0.587. The molecule has 2 aliphatic rings. The van der Waals surface area contributed by atoms with Gasteiger partial charge in [-0.15, -0.1) is 0 Å². The van der Waals surface area contributed by atoms with E-state index >= 15 is 0 Å². The number of likely N-dealkylation sites (tertiary alicyclic amines) is 1. The quantitative estimate of drug-likeness (QED) is 0.415. The topological polar surface area (TPSA) is 89.8 Å². The van der Waals surface area contributed by atoms with Gasteiger partial charge >= 0.3 is 0 Å². The number of rotatable bonds is 3. The van der Waals surface area contributed by atoms with E-state index in [4.69, 9.17) is 16.3 Å². The van der Waals surface area contributed by atoms with E-state index in [9.17, 15) is 19.7 Å². The summed E-state index contributed by atoms with van der Waals surface area (Å²) in [6, 6.07) is 11.0. The maximum absolute atomic E-state index is 12.6. The van der Waals surface area contributed by atoms with Gasteiger partial charge in [0, 0.05) is 49.2 Å². The zero-order valence-corrected chi connectivity index (χ0v) is 16.8. The second-order valence-corrected chi connectivity index (χ2v) is 7.97. The molecule has 0 N–H and O–H groups in total. The zero-order valence-electron chi connectivity index (χ0n) is 16.0. The van der Waals surface area contributed by atoms with E-state index < -0.39 is 10.5 Å². The number of carbonyl (C=O) groups excluding carboxylic acids is 2. The molecule has 1 amide bonds. The van der Waals surface area contributed by atoms with Crippen molar-refractivity contribution >= 4 is 35.1 Å². The van der Waals surface area contributed by atoms with Crippen molar-refractivity contribution in [1.29, 1.82) is 0 Å². The average molecular weight is 427 g/mol. The lowest BCUT2D eigenvalue weighted by atomic mass is 9.82. The molecule has 0 bridgehead atoms. The van der Waals surface area contributed by atoms with Gasteiger partial charge in [0.05, 0.1) is 16.9 Å². The lowest BCUT2D eigenvalue weighted by Crippen LogP contribution is -2.52. The van der Waals surface area contributed by atoms with Gasteiger partial charge in [0.15, 0.2) is 5.78 Å². The minimum Gasteiger partial charge on any atom is -0.486 e. The Labute approximate surface area is 178 Å². The number of amides is 1. The number of hydrogen-bond donors (Lipinski definition) is 0. The molecule has 154 valence electrons. The SMILES string of the molecule is O=C1CC2(CCN(C(=O)/C=C/c3ccc([N+](=O)[O-])cc3)CC2)Oc2ccc(Cl)cc21. The molecular weight excluding hydrogens is 408 g/mol. The molecule has 0 radical (unpaired) electrons. The normalized spacial score (nSPS) is 17.6. The van der Waals surface area contributed by atoms with E-state index in [0.29, 0.717) is 47.8 Å². The molecular formula is C22H19ClN2O5. The maximum atomic E-state index is 12.6. The third-order valence-electron chi connectivity index (χ3n) is 5.56. The van der Waals surface area contributed by atoms with Gasteiger partial charge in [-0.3, -0.25) is 19.7 Å². The van der Waals surface area contributed by atoms with Crippen LogP contribution in [0.1, 0.15) is 35.2 Å². The molecule has 1 fully saturated rings. The third kappa shape index (κ3) is 4.07. The van der Waals surface area contributed by atoms with Gasteiger partial charge in [-0.1, -0.05) is 11.6 Å². The van der Waals surface area contributed by atoms with E-state index in [1.807, 2.05) is 0 Å². The summed E-state index contributed by atoms with van der Waals surface area (Å²) in [5.41, 5.74) is 0.638. The van der Waals surface area contributed by atoms with Crippen LogP contribution in [-0.2, 0) is 4.79 Å². The van der Waals surface area contributed by atoms with Crippen molar-refractivity contribution in [3.8, 4) is 5.75 Å². The number of non-ortho nitro benzene ring substituents is 1. The Morgan fingerprint density at radius 2 is 1.87 bits per heavy atom. The number of carbonyl (C=O) groups is 2. The van der Waals surface area contributed by atoms with Crippen LogP contribution in [0, 0.1) is 10.1 Å².